The summed E-state index contributed by atoms with van der Waals surface area (Å²) < 4.78 is 45.4. The highest BCUT2D eigenvalue weighted by Crippen LogP contribution is 2.34. The number of halogens is 2. The lowest BCUT2D eigenvalue weighted by Gasteiger charge is -2.19. The number of imidazole rings is 1. The number of hydrogen-bond donors (Lipinski definition) is 1. The Morgan fingerprint density at radius 1 is 1.29 bits per heavy atom. The normalized spacial score (nSPS) is 19.9. The summed E-state index contributed by atoms with van der Waals surface area (Å²) in [5, 5.41) is 0. The van der Waals surface area contributed by atoms with Gasteiger partial charge in [-0.3, -0.25) is 14.2 Å². The molecule has 180 valence electrons. The van der Waals surface area contributed by atoms with Gasteiger partial charge >= 0.3 is 17.6 Å². The molecule has 0 bridgehead atoms. The molecule has 4 rings (SSSR count). The molecule has 1 saturated heterocycles. The number of carbonyl (C=O) groups is 2. The van der Waals surface area contributed by atoms with Crippen LogP contribution in [0.1, 0.15) is 31.6 Å². The predicted octanol–water partition coefficient (Wildman–Crippen LogP) is 1.28. The van der Waals surface area contributed by atoms with Gasteiger partial charge in [0.15, 0.2) is 23.5 Å². The van der Waals surface area contributed by atoms with Gasteiger partial charge in [0.25, 0.3) is 0 Å². The first-order chi connectivity index (χ1) is 16.2. The fourth-order valence-electron chi connectivity index (χ4n) is 3.94. The van der Waals surface area contributed by atoms with Crippen molar-refractivity contribution in [2.45, 2.75) is 44.7 Å². The summed E-state index contributed by atoms with van der Waals surface area (Å²) in [7, 11) is 1.23. The van der Waals surface area contributed by atoms with Gasteiger partial charge in [0.05, 0.1) is 32.4 Å². The molecule has 0 aliphatic carbocycles. The molecule has 1 aromatic carbocycles. The van der Waals surface area contributed by atoms with E-state index < -0.39 is 47.7 Å². The van der Waals surface area contributed by atoms with Gasteiger partial charge in [-0.2, -0.15) is 4.98 Å². The Bertz CT molecular complexity index is 1320. The minimum Gasteiger partial charge on any atom is -0.469 e. The maximum Gasteiger partial charge on any atom is 0.332 e. The molecular formula is C21H21F2N5O6. The molecule has 1 aliphatic rings. The number of aromatic nitrogens is 4. The van der Waals surface area contributed by atoms with E-state index in [0.29, 0.717) is 5.56 Å². The lowest BCUT2D eigenvalue weighted by atomic mass is 10.1. The SMILES string of the molecule is COC(=O)C[C@@H]1C[C@@H](OC(C)=O)[C@H](n2c(=O)n(Cc3ccc(F)c(F)c3)c3cnc(N)nc32)O1. The number of nitrogens with zero attached hydrogens (tertiary/aromatic N) is 4. The first-order valence-corrected chi connectivity index (χ1v) is 10.2. The fourth-order valence-corrected chi connectivity index (χ4v) is 3.94. The lowest BCUT2D eigenvalue weighted by Crippen LogP contribution is -2.34. The second-order valence-corrected chi connectivity index (χ2v) is 7.74. The molecule has 1 aliphatic heterocycles. The largest absolute Gasteiger partial charge is 0.469 e. The van der Waals surface area contributed by atoms with Crippen LogP contribution >= 0.6 is 0 Å². The topological polar surface area (TPSA) is 141 Å². The number of rotatable bonds is 6. The molecule has 0 radical (unpaired) electrons. The molecule has 34 heavy (non-hydrogen) atoms. The fraction of sp³-hybridized carbons (Fsp3) is 0.381. The van der Waals surface area contributed by atoms with Crippen LogP contribution in [-0.4, -0.2) is 50.4 Å². The van der Waals surface area contributed by atoms with Crippen LogP contribution in [0.2, 0.25) is 0 Å². The Balaban J connectivity index is 1.80. The van der Waals surface area contributed by atoms with E-state index in [1.807, 2.05) is 0 Å². The van der Waals surface area contributed by atoms with Crippen molar-refractivity contribution in [2.24, 2.45) is 0 Å². The number of carbonyl (C=O) groups excluding carboxylic acids is 2. The van der Waals surface area contributed by atoms with E-state index in [9.17, 15) is 23.2 Å². The average molecular weight is 477 g/mol. The van der Waals surface area contributed by atoms with Crippen LogP contribution in [0.15, 0.2) is 29.2 Å². The second kappa shape index (κ2) is 9.17. The first kappa shape index (κ1) is 23.3. The van der Waals surface area contributed by atoms with Gasteiger partial charge in [0.1, 0.15) is 11.6 Å². The van der Waals surface area contributed by atoms with Gasteiger partial charge in [-0.25, -0.2) is 23.1 Å². The number of anilines is 1. The van der Waals surface area contributed by atoms with Crippen molar-refractivity contribution in [3.63, 3.8) is 0 Å². The van der Waals surface area contributed by atoms with E-state index >= 15 is 0 Å². The van der Waals surface area contributed by atoms with Gasteiger partial charge < -0.3 is 19.9 Å². The summed E-state index contributed by atoms with van der Waals surface area (Å²) in [6.45, 7) is 1.07. The van der Waals surface area contributed by atoms with E-state index in [0.717, 1.165) is 16.7 Å². The van der Waals surface area contributed by atoms with Crippen molar-refractivity contribution >= 4 is 29.1 Å². The van der Waals surface area contributed by atoms with Crippen molar-refractivity contribution in [1.29, 1.82) is 0 Å². The lowest BCUT2D eigenvalue weighted by molar-refractivity contribution is -0.153. The predicted molar refractivity (Wildman–Crippen MR) is 112 cm³/mol. The monoisotopic (exact) mass is 477 g/mol. The molecule has 0 unspecified atom stereocenters. The van der Waals surface area contributed by atoms with E-state index in [-0.39, 0.29) is 36.5 Å². The van der Waals surface area contributed by atoms with Crippen LogP contribution in [0, 0.1) is 11.6 Å². The summed E-state index contributed by atoms with van der Waals surface area (Å²) in [4.78, 5) is 45.0. The maximum absolute atomic E-state index is 13.7. The number of benzene rings is 1. The summed E-state index contributed by atoms with van der Waals surface area (Å²) in [5.41, 5.74) is 5.74. The number of esters is 2. The molecule has 13 heteroatoms. The number of fused-ring (bicyclic) bond motifs is 1. The molecule has 11 nitrogen and oxygen atoms in total. The van der Waals surface area contributed by atoms with Gasteiger partial charge in [-0.05, 0) is 17.7 Å². The molecule has 0 amide bonds. The highest BCUT2D eigenvalue weighted by atomic mass is 19.2. The van der Waals surface area contributed by atoms with Gasteiger partial charge in [-0.1, -0.05) is 6.07 Å². The van der Waals surface area contributed by atoms with Crippen LogP contribution in [0.4, 0.5) is 14.7 Å². The second-order valence-electron chi connectivity index (χ2n) is 7.74. The molecule has 1 fully saturated rings. The third-order valence-corrected chi connectivity index (χ3v) is 5.39. The number of nitrogen functional groups attached to an aromatic ring is 1. The van der Waals surface area contributed by atoms with E-state index in [2.05, 4.69) is 14.7 Å². The average Bonchev–Trinajstić information content (AvgIpc) is 3.27. The molecule has 3 aromatic rings. The van der Waals surface area contributed by atoms with Gasteiger partial charge in [-0.15, -0.1) is 0 Å². The van der Waals surface area contributed by atoms with Crippen molar-refractivity contribution in [2.75, 3.05) is 12.8 Å². The Labute approximate surface area is 191 Å². The van der Waals surface area contributed by atoms with E-state index in [4.69, 9.17) is 15.2 Å². The van der Waals surface area contributed by atoms with Crippen LogP contribution in [-0.2, 0) is 30.3 Å². The summed E-state index contributed by atoms with van der Waals surface area (Å²) in [6.07, 6.45) is -1.42. The Morgan fingerprint density at radius 3 is 2.74 bits per heavy atom. The van der Waals surface area contributed by atoms with Crippen LogP contribution in [0.25, 0.3) is 11.2 Å². The summed E-state index contributed by atoms with van der Waals surface area (Å²) in [6, 6.07) is 3.27. The molecule has 0 saturated carbocycles. The van der Waals surface area contributed by atoms with E-state index in [1.165, 1.54) is 30.9 Å². The molecular weight excluding hydrogens is 456 g/mol. The maximum atomic E-state index is 13.7. The van der Waals surface area contributed by atoms with Crippen molar-refractivity contribution in [1.82, 2.24) is 19.1 Å². The smallest absolute Gasteiger partial charge is 0.332 e. The molecule has 3 atom stereocenters. The van der Waals surface area contributed by atoms with Crippen LogP contribution < -0.4 is 11.4 Å². The van der Waals surface area contributed by atoms with Gasteiger partial charge in [0.2, 0.25) is 5.95 Å². The quantitative estimate of drug-likeness (QED) is 0.520. The molecule has 0 spiro atoms. The Kier molecular flexibility index (Phi) is 6.28. The van der Waals surface area contributed by atoms with E-state index in [1.54, 1.807) is 0 Å². The highest BCUT2D eigenvalue weighted by Gasteiger charge is 2.42. The number of methoxy groups -OCH3 is 1. The van der Waals surface area contributed by atoms with Crippen LogP contribution in [0.3, 0.4) is 0 Å². The number of ether oxygens (including phenoxy) is 3. The third kappa shape index (κ3) is 4.46. The minimum atomic E-state index is -1.13. The van der Waals surface area contributed by atoms with Crippen molar-refractivity contribution < 1.29 is 32.6 Å². The summed E-state index contributed by atoms with van der Waals surface area (Å²) in [5.74, 6) is -3.35. The molecule has 3 heterocycles. The first-order valence-electron chi connectivity index (χ1n) is 10.2. The van der Waals surface area contributed by atoms with Gasteiger partial charge in [0, 0.05) is 13.3 Å². The molecule has 2 aromatic heterocycles. The zero-order valence-electron chi connectivity index (χ0n) is 18.2. The van der Waals surface area contributed by atoms with Crippen molar-refractivity contribution in [3.05, 3.63) is 52.1 Å². The Morgan fingerprint density at radius 2 is 2.06 bits per heavy atom. The number of hydrogen-bond acceptors (Lipinski definition) is 9. The standard InChI is InChI=1S/C21H21F2N5O6/c1-10(29)33-16-6-12(7-17(30)32-2)34-19(16)28-18-15(8-25-20(24)26-18)27(21(28)31)9-11-3-4-13(22)14(23)5-11/h3-5,8,12,16,19H,6-7,9H2,1-2H3,(H2,24,25,26)/t12-,16+,19+/m0/s1. The highest BCUT2D eigenvalue weighted by molar-refractivity contribution is 5.72. The Hall–Kier alpha value is -3.87. The molecule has 2 N–H and O–H groups in total. The zero-order valence-corrected chi connectivity index (χ0v) is 18.2. The number of nitrogens with two attached hydrogens (primary N) is 1. The zero-order chi connectivity index (χ0) is 24.6. The third-order valence-electron chi connectivity index (χ3n) is 5.39. The van der Waals surface area contributed by atoms with Crippen molar-refractivity contribution in [3.8, 4) is 0 Å². The van der Waals surface area contributed by atoms with Crippen LogP contribution in [0.5, 0.6) is 0 Å². The minimum absolute atomic E-state index is 0.0842. The summed E-state index contributed by atoms with van der Waals surface area (Å²) >= 11 is 0.